The van der Waals surface area contributed by atoms with E-state index in [1.165, 1.54) is 32.1 Å². The monoisotopic (exact) mass is 235 g/mol. The van der Waals surface area contributed by atoms with Crippen LogP contribution in [-0.2, 0) is 0 Å². The molecule has 1 N–H and O–H groups in total. The average Bonchev–Trinajstić information content (AvgIpc) is 2.30. The Morgan fingerprint density at radius 1 is 1.24 bits per heavy atom. The Hall–Kier alpha value is -1.32. The summed E-state index contributed by atoms with van der Waals surface area (Å²) in [5, 5.41) is 3.46. The lowest BCUT2D eigenvalue weighted by molar-refractivity contribution is 0.232. The second-order valence-electron chi connectivity index (χ2n) is 4.89. The van der Waals surface area contributed by atoms with Gasteiger partial charge in [0.05, 0.1) is 6.10 Å². The maximum atomic E-state index is 5.55. The van der Waals surface area contributed by atoms with E-state index in [1.807, 2.05) is 19.9 Å². The fourth-order valence-electron chi connectivity index (χ4n) is 2.18. The molecule has 0 unspecified atom stereocenters. The highest BCUT2D eigenvalue weighted by Crippen LogP contribution is 2.21. The molecule has 4 heteroatoms. The van der Waals surface area contributed by atoms with Crippen LogP contribution in [0.5, 0.6) is 5.88 Å². The predicted molar refractivity (Wildman–Crippen MR) is 68.3 cm³/mol. The summed E-state index contributed by atoms with van der Waals surface area (Å²) < 4.78 is 5.55. The van der Waals surface area contributed by atoms with Crippen molar-refractivity contribution in [3.63, 3.8) is 0 Å². The molecule has 0 radical (unpaired) electrons. The summed E-state index contributed by atoms with van der Waals surface area (Å²) >= 11 is 0. The number of anilines is 1. The lowest BCUT2D eigenvalue weighted by Crippen LogP contribution is -2.22. The van der Waals surface area contributed by atoms with Gasteiger partial charge in [0.15, 0.2) is 0 Å². The number of rotatable bonds is 4. The highest BCUT2D eigenvalue weighted by Gasteiger charge is 2.13. The first kappa shape index (κ1) is 12.1. The van der Waals surface area contributed by atoms with Crippen LogP contribution >= 0.6 is 0 Å². The summed E-state index contributed by atoms with van der Waals surface area (Å²) in [6.45, 7) is 3.99. The summed E-state index contributed by atoms with van der Waals surface area (Å²) in [7, 11) is 0. The van der Waals surface area contributed by atoms with Crippen molar-refractivity contribution in [2.45, 2.75) is 58.1 Å². The van der Waals surface area contributed by atoms with Crippen LogP contribution < -0.4 is 10.1 Å². The maximum Gasteiger partial charge on any atom is 0.218 e. The number of hydrogen-bond donors (Lipinski definition) is 1. The Bertz CT molecular complexity index is 348. The summed E-state index contributed by atoms with van der Waals surface area (Å²) in [5.74, 6) is 1.52. The van der Waals surface area contributed by atoms with Gasteiger partial charge in [-0.1, -0.05) is 19.3 Å². The molecule has 0 amide bonds. The van der Waals surface area contributed by atoms with Crippen molar-refractivity contribution in [2.24, 2.45) is 0 Å². The second kappa shape index (κ2) is 5.84. The van der Waals surface area contributed by atoms with Crippen molar-refractivity contribution in [2.75, 3.05) is 5.32 Å². The van der Waals surface area contributed by atoms with Crippen LogP contribution in [0.3, 0.4) is 0 Å². The van der Waals surface area contributed by atoms with Gasteiger partial charge in [0, 0.05) is 12.1 Å². The minimum Gasteiger partial charge on any atom is -0.475 e. The molecule has 17 heavy (non-hydrogen) atoms. The van der Waals surface area contributed by atoms with E-state index < -0.39 is 0 Å². The molecule has 1 aromatic rings. The highest BCUT2D eigenvalue weighted by atomic mass is 16.5. The molecule has 1 aromatic heterocycles. The van der Waals surface area contributed by atoms with E-state index in [0.717, 1.165) is 5.82 Å². The molecule has 0 aliphatic heterocycles. The van der Waals surface area contributed by atoms with Crippen LogP contribution in [-0.4, -0.2) is 22.1 Å². The van der Waals surface area contributed by atoms with Crippen LogP contribution in [0.25, 0.3) is 0 Å². The topological polar surface area (TPSA) is 47.0 Å². The van der Waals surface area contributed by atoms with Gasteiger partial charge in [-0.05, 0) is 26.7 Å². The van der Waals surface area contributed by atoms with Gasteiger partial charge in [0.25, 0.3) is 0 Å². The third-order valence-corrected chi connectivity index (χ3v) is 2.96. The molecule has 0 aromatic carbocycles. The molecule has 1 aliphatic rings. The quantitative estimate of drug-likeness (QED) is 0.871. The minimum absolute atomic E-state index is 0.146. The van der Waals surface area contributed by atoms with Gasteiger partial charge in [-0.15, -0.1) is 0 Å². The zero-order valence-corrected chi connectivity index (χ0v) is 10.6. The van der Waals surface area contributed by atoms with Gasteiger partial charge in [0.1, 0.15) is 12.1 Å². The summed E-state index contributed by atoms with van der Waals surface area (Å²) in [6.07, 6.45) is 8.18. The van der Waals surface area contributed by atoms with Crippen molar-refractivity contribution < 1.29 is 4.74 Å². The Morgan fingerprint density at radius 2 is 2.00 bits per heavy atom. The maximum absolute atomic E-state index is 5.55. The van der Waals surface area contributed by atoms with Crippen molar-refractivity contribution in [3.8, 4) is 5.88 Å². The largest absolute Gasteiger partial charge is 0.475 e. The van der Waals surface area contributed by atoms with Gasteiger partial charge in [0.2, 0.25) is 5.88 Å². The number of hydrogen-bond acceptors (Lipinski definition) is 4. The van der Waals surface area contributed by atoms with Crippen LogP contribution in [0.2, 0.25) is 0 Å². The summed E-state index contributed by atoms with van der Waals surface area (Å²) in [5.41, 5.74) is 0. The molecule has 4 nitrogen and oxygen atoms in total. The first-order valence-corrected chi connectivity index (χ1v) is 6.49. The van der Waals surface area contributed by atoms with Gasteiger partial charge >= 0.3 is 0 Å². The number of nitrogens with one attached hydrogen (secondary N) is 1. The molecular formula is C13H21N3O. The molecule has 0 spiro atoms. The molecule has 0 atom stereocenters. The second-order valence-corrected chi connectivity index (χ2v) is 4.89. The number of ether oxygens (including phenoxy) is 1. The fourth-order valence-corrected chi connectivity index (χ4v) is 2.18. The summed E-state index contributed by atoms with van der Waals surface area (Å²) in [4.78, 5) is 8.34. The highest BCUT2D eigenvalue weighted by molar-refractivity contribution is 5.38. The minimum atomic E-state index is 0.146. The lowest BCUT2D eigenvalue weighted by atomic mass is 9.95. The molecule has 0 bridgehead atoms. The SMILES string of the molecule is CC(C)Oc1cc(NC2CCCCC2)ncn1. The van der Waals surface area contributed by atoms with Crippen LogP contribution in [0.4, 0.5) is 5.82 Å². The van der Waals surface area contributed by atoms with Crippen molar-refractivity contribution in [1.29, 1.82) is 0 Å². The molecule has 1 fully saturated rings. The first-order valence-electron chi connectivity index (χ1n) is 6.49. The first-order chi connectivity index (χ1) is 8.24. The van der Waals surface area contributed by atoms with E-state index in [2.05, 4.69) is 15.3 Å². The van der Waals surface area contributed by atoms with Crippen molar-refractivity contribution in [3.05, 3.63) is 12.4 Å². The van der Waals surface area contributed by atoms with Crippen LogP contribution in [0, 0.1) is 0 Å². The molecule has 1 saturated carbocycles. The standard InChI is InChI=1S/C13H21N3O/c1-10(2)17-13-8-12(14-9-15-13)16-11-6-4-3-5-7-11/h8-11H,3-7H2,1-2H3,(H,14,15,16). The Kier molecular flexibility index (Phi) is 4.18. The van der Waals surface area contributed by atoms with E-state index in [9.17, 15) is 0 Å². The van der Waals surface area contributed by atoms with Crippen LogP contribution in [0.15, 0.2) is 12.4 Å². The van der Waals surface area contributed by atoms with Gasteiger partial charge in [-0.3, -0.25) is 0 Å². The summed E-state index contributed by atoms with van der Waals surface area (Å²) in [6, 6.07) is 2.44. The smallest absolute Gasteiger partial charge is 0.218 e. The molecule has 1 aliphatic carbocycles. The lowest BCUT2D eigenvalue weighted by Gasteiger charge is -2.23. The van der Waals surface area contributed by atoms with Gasteiger partial charge in [-0.2, -0.15) is 0 Å². The van der Waals surface area contributed by atoms with Gasteiger partial charge in [-0.25, -0.2) is 9.97 Å². The Morgan fingerprint density at radius 3 is 2.71 bits per heavy atom. The molecule has 1 heterocycles. The molecule has 2 rings (SSSR count). The fraction of sp³-hybridized carbons (Fsp3) is 0.692. The molecule has 94 valence electrons. The zero-order valence-electron chi connectivity index (χ0n) is 10.6. The normalized spacial score (nSPS) is 17.1. The Labute approximate surface area is 103 Å². The van der Waals surface area contributed by atoms with Crippen molar-refractivity contribution in [1.82, 2.24) is 9.97 Å². The molecule has 0 saturated heterocycles. The van der Waals surface area contributed by atoms with Crippen molar-refractivity contribution >= 4 is 5.82 Å². The third-order valence-electron chi connectivity index (χ3n) is 2.96. The van der Waals surface area contributed by atoms with E-state index in [0.29, 0.717) is 11.9 Å². The van der Waals surface area contributed by atoms with E-state index in [-0.39, 0.29) is 6.10 Å². The average molecular weight is 235 g/mol. The third kappa shape index (κ3) is 3.88. The number of aromatic nitrogens is 2. The van der Waals surface area contributed by atoms with E-state index in [4.69, 9.17) is 4.74 Å². The van der Waals surface area contributed by atoms with Crippen LogP contribution in [0.1, 0.15) is 46.0 Å². The van der Waals surface area contributed by atoms with E-state index in [1.54, 1.807) is 6.33 Å². The zero-order chi connectivity index (χ0) is 12.1. The van der Waals surface area contributed by atoms with E-state index >= 15 is 0 Å². The van der Waals surface area contributed by atoms with Gasteiger partial charge < -0.3 is 10.1 Å². The Balaban J connectivity index is 1.95. The molecular weight excluding hydrogens is 214 g/mol. The predicted octanol–water partition coefficient (Wildman–Crippen LogP) is 3.01. The number of nitrogens with zero attached hydrogens (tertiary/aromatic N) is 2.